The Labute approximate surface area is 132 Å². The largest absolute Gasteiger partial charge is 0.451 e. The molecule has 0 fully saturated rings. The van der Waals surface area contributed by atoms with Crippen molar-refractivity contribution < 1.29 is 17.7 Å². The van der Waals surface area contributed by atoms with Gasteiger partial charge >= 0.3 is 6.18 Å². The van der Waals surface area contributed by atoms with Crippen LogP contribution in [0.1, 0.15) is 11.7 Å². The first-order chi connectivity index (χ1) is 10.9. The zero-order valence-electron chi connectivity index (χ0n) is 11.8. The molecule has 1 aromatic carbocycles. The van der Waals surface area contributed by atoms with Crippen LogP contribution in [0.25, 0.3) is 11.4 Å². The van der Waals surface area contributed by atoms with Gasteiger partial charge in [-0.25, -0.2) is 0 Å². The average molecular weight is 341 g/mol. The van der Waals surface area contributed by atoms with E-state index in [9.17, 15) is 13.2 Å². The highest BCUT2D eigenvalue weighted by atomic mass is 32.2. The highest BCUT2D eigenvalue weighted by Gasteiger charge is 2.37. The number of hydrogen-bond acceptors (Lipinski definition) is 6. The van der Waals surface area contributed by atoms with Gasteiger partial charge in [-0.1, -0.05) is 47.3 Å². The summed E-state index contributed by atoms with van der Waals surface area (Å²) < 4.78 is 43.9. The van der Waals surface area contributed by atoms with Crippen LogP contribution in [0.2, 0.25) is 0 Å². The molecule has 3 rings (SSSR count). The molecule has 0 amide bonds. The monoisotopic (exact) mass is 341 g/mol. The summed E-state index contributed by atoms with van der Waals surface area (Å²) in [7, 11) is 1.26. The van der Waals surface area contributed by atoms with Crippen LogP contribution >= 0.6 is 11.8 Å². The van der Waals surface area contributed by atoms with E-state index in [0.717, 1.165) is 21.9 Å². The van der Waals surface area contributed by atoms with Crippen molar-refractivity contribution in [2.45, 2.75) is 17.1 Å². The Hall–Kier alpha value is -2.36. The lowest BCUT2D eigenvalue weighted by Gasteiger charge is -2.05. The maximum Gasteiger partial charge on any atom is 0.451 e. The maximum absolute atomic E-state index is 12.6. The van der Waals surface area contributed by atoms with Crippen LogP contribution in [0.4, 0.5) is 13.2 Å². The fraction of sp³-hybridized carbons (Fsp3) is 0.231. The molecule has 23 heavy (non-hydrogen) atoms. The minimum atomic E-state index is -4.54. The van der Waals surface area contributed by atoms with E-state index in [0.29, 0.717) is 11.7 Å². The molecular formula is C13H10F3N5OS. The molecule has 0 saturated carbocycles. The van der Waals surface area contributed by atoms with E-state index >= 15 is 0 Å². The molecule has 0 aliphatic carbocycles. The zero-order valence-corrected chi connectivity index (χ0v) is 12.6. The Bertz CT molecular complexity index is 800. The minimum absolute atomic E-state index is 0.122. The van der Waals surface area contributed by atoms with E-state index in [1.165, 1.54) is 7.05 Å². The maximum atomic E-state index is 12.6. The number of halogens is 3. The molecule has 0 aliphatic rings. The highest BCUT2D eigenvalue weighted by Crippen LogP contribution is 2.30. The van der Waals surface area contributed by atoms with Crippen molar-refractivity contribution in [1.82, 2.24) is 24.9 Å². The first-order valence-electron chi connectivity index (χ1n) is 6.42. The Balaban J connectivity index is 1.70. The van der Waals surface area contributed by atoms with Crippen molar-refractivity contribution in [3.8, 4) is 11.4 Å². The van der Waals surface area contributed by atoms with Crippen molar-refractivity contribution in [2.75, 3.05) is 0 Å². The smallest absolute Gasteiger partial charge is 0.338 e. The number of thioether (sulfide) groups is 1. The summed E-state index contributed by atoms with van der Waals surface area (Å²) in [5, 5.41) is 10.6. The highest BCUT2D eigenvalue weighted by molar-refractivity contribution is 7.98. The molecule has 0 bridgehead atoms. The molecule has 120 valence electrons. The molecule has 0 radical (unpaired) electrons. The second kappa shape index (κ2) is 6.03. The summed E-state index contributed by atoms with van der Waals surface area (Å²) in [5.41, 5.74) is 0.797. The predicted octanol–water partition coefficient (Wildman–Crippen LogP) is 3.18. The van der Waals surface area contributed by atoms with Gasteiger partial charge in [0, 0.05) is 12.6 Å². The Kier molecular flexibility index (Phi) is 4.07. The van der Waals surface area contributed by atoms with Crippen LogP contribution in [0.5, 0.6) is 0 Å². The second-order valence-electron chi connectivity index (χ2n) is 4.53. The normalized spacial score (nSPS) is 11.8. The Morgan fingerprint density at radius 2 is 1.91 bits per heavy atom. The zero-order chi connectivity index (χ0) is 16.4. The summed E-state index contributed by atoms with van der Waals surface area (Å²) in [6.07, 6.45) is -4.54. The van der Waals surface area contributed by atoms with Crippen molar-refractivity contribution in [2.24, 2.45) is 7.05 Å². The Morgan fingerprint density at radius 1 is 1.17 bits per heavy atom. The van der Waals surface area contributed by atoms with Crippen LogP contribution in [0.3, 0.4) is 0 Å². The van der Waals surface area contributed by atoms with Crippen LogP contribution in [-0.2, 0) is 19.0 Å². The minimum Gasteiger partial charge on any atom is -0.338 e. The molecule has 0 unspecified atom stereocenters. The van der Waals surface area contributed by atoms with Gasteiger partial charge < -0.3 is 9.09 Å². The standard InChI is InChI=1S/C13H10F3N5OS/c1-21-11(13(14,15)16)18-19-12(21)23-7-9-17-10(20-22-9)8-5-3-2-4-6-8/h2-6H,7H2,1H3. The lowest BCUT2D eigenvalue weighted by Crippen LogP contribution is -2.12. The third-order valence-electron chi connectivity index (χ3n) is 2.91. The fourth-order valence-electron chi connectivity index (χ4n) is 1.83. The summed E-state index contributed by atoms with van der Waals surface area (Å²) in [6.45, 7) is 0. The van der Waals surface area contributed by atoms with Gasteiger partial charge in [0.1, 0.15) is 0 Å². The number of nitrogens with zero attached hydrogens (tertiary/aromatic N) is 5. The summed E-state index contributed by atoms with van der Waals surface area (Å²) >= 11 is 1.04. The van der Waals surface area contributed by atoms with Gasteiger partial charge in [0.15, 0.2) is 5.16 Å². The molecule has 0 N–H and O–H groups in total. The topological polar surface area (TPSA) is 69.6 Å². The van der Waals surface area contributed by atoms with E-state index in [-0.39, 0.29) is 10.9 Å². The SMILES string of the molecule is Cn1c(SCc2nc(-c3ccccc3)no2)nnc1C(F)(F)F. The van der Waals surface area contributed by atoms with Gasteiger partial charge in [0.2, 0.25) is 17.5 Å². The third kappa shape index (κ3) is 3.36. The molecule has 10 heteroatoms. The van der Waals surface area contributed by atoms with Crippen molar-refractivity contribution >= 4 is 11.8 Å². The number of benzene rings is 1. The molecule has 0 atom stereocenters. The van der Waals surface area contributed by atoms with Gasteiger partial charge in [-0.05, 0) is 0 Å². The quantitative estimate of drug-likeness (QED) is 0.679. The lowest BCUT2D eigenvalue weighted by atomic mass is 10.2. The molecule has 0 aliphatic heterocycles. The van der Waals surface area contributed by atoms with Crippen LogP contribution in [-0.4, -0.2) is 24.9 Å². The number of rotatable bonds is 4. The van der Waals surface area contributed by atoms with E-state index in [1.54, 1.807) is 0 Å². The summed E-state index contributed by atoms with van der Waals surface area (Å²) in [4.78, 5) is 4.20. The van der Waals surface area contributed by atoms with E-state index < -0.39 is 12.0 Å². The fourth-order valence-corrected chi connectivity index (χ4v) is 2.58. The number of alkyl halides is 3. The average Bonchev–Trinajstić information content (AvgIpc) is 3.12. The van der Waals surface area contributed by atoms with Crippen molar-refractivity contribution in [3.63, 3.8) is 0 Å². The first kappa shape index (κ1) is 15.5. The number of hydrogen-bond donors (Lipinski definition) is 0. The molecule has 0 saturated heterocycles. The van der Waals surface area contributed by atoms with E-state index in [2.05, 4.69) is 20.3 Å². The molecule has 6 nitrogen and oxygen atoms in total. The van der Waals surface area contributed by atoms with Gasteiger partial charge in [0.05, 0.1) is 5.75 Å². The molecule has 2 heterocycles. The van der Waals surface area contributed by atoms with Crippen molar-refractivity contribution in [1.29, 1.82) is 0 Å². The summed E-state index contributed by atoms with van der Waals surface area (Å²) in [5.74, 6) is -0.125. The van der Waals surface area contributed by atoms with Gasteiger partial charge in [0.25, 0.3) is 0 Å². The molecular weight excluding hydrogens is 331 g/mol. The molecule has 2 aromatic heterocycles. The van der Waals surface area contributed by atoms with Gasteiger partial charge in [-0.3, -0.25) is 0 Å². The van der Waals surface area contributed by atoms with Gasteiger partial charge in [-0.15, -0.1) is 10.2 Å². The van der Waals surface area contributed by atoms with Crippen LogP contribution in [0, 0.1) is 0 Å². The Morgan fingerprint density at radius 3 is 2.57 bits per heavy atom. The second-order valence-corrected chi connectivity index (χ2v) is 5.47. The summed E-state index contributed by atoms with van der Waals surface area (Å²) in [6, 6.07) is 9.23. The van der Waals surface area contributed by atoms with E-state index in [1.807, 2.05) is 30.3 Å². The van der Waals surface area contributed by atoms with Crippen molar-refractivity contribution in [3.05, 3.63) is 42.0 Å². The molecule has 0 spiro atoms. The molecule has 3 aromatic rings. The third-order valence-corrected chi connectivity index (χ3v) is 3.92. The number of aromatic nitrogens is 5. The van der Waals surface area contributed by atoms with Gasteiger partial charge in [-0.2, -0.15) is 18.2 Å². The lowest BCUT2D eigenvalue weighted by molar-refractivity contribution is -0.147. The van der Waals surface area contributed by atoms with E-state index in [4.69, 9.17) is 4.52 Å². The van der Waals surface area contributed by atoms with Crippen LogP contribution in [0.15, 0.2) is 40.0 Å². The first-order valence-corrected chi connectivity index (χ1v) is 7.41. The van der Waals surface area contributed by atoms with Crippen LogP contribution < -0.4 is 0 Å². The predicted molar refractivity (Wildman–Crippen MR) is 75.3 cm³/mol.